The molecule has 2 N–H and O–H groups in total. The Morgan fingerprint density at radius 1 is 1.05 bits per heavy atom. The van der Waals surface area contributed by atoms with Crippen LogP contribution in [0.3, 0.4) is 0 Å². The van der Waals surface area contributed by atoms with E-state index in [2.05, 4.69) is 0 Å². The summed E-state index contributed by atoms with van der Waals surface area (Å²) in [7, 11) is 0. The molecular formula is C14H13N3O4S. The molecule has 0 heterocycles. The number of hydrogen-bond donors (Lipinski definition) is 1. The maximum Gasteiger partial charge on any atom is 0.269 e. The fourth-order valence-corrected chi connectivity index (χ4v) is 3.06. The van der Waals surface area contributed by atoms with Crippen molar-refractivity contribution in [2.75, 3.05) is 12.3 Å². The molecule has 0 unspecified atom stereocenters. The Morgan fingerprint density at radius 2 is 1.68 bits per heavy atom. The van der Waals surface area contributed by atoms with Crippen molar-refractivity contribution in [3.05, 3.63) is 74.3 Å². The number of thioether (sulfide) groups is 1. The predicted octanol–water partition coefficient (Wildman–Crippen LogP) is 3.29. The number of para-hydroxylation sites is 1. The van der Waals surface area contributed by atoms with Crippen LogP contribution in [-0.2, 0) is 0 Å². The van der Waals surface area contributed by atoms with Gasteiger partial charge < -0.3 is 5.73 Å². The lowest BCUT2D eigenvalue weighted by Gasteiger charge is -2.14. The van der Waals surface area contributed by atoms with Crippen molar-refractivity contribution in [2.45, 2.75) is 10.1 Å². The van der Waals surface area contributed by atoms with E-state index in [1.807, 2.05) is 0 Å². The number of nitro groups is 2. The lowest BCUT2D eigenvalue weighted by molar-refractivity contribution is -0.479. The van der Waals surface area contributed by atoms with Gasteiger partial charge >= 0.3 is 0 Å². The smallest absolute Gasteiger partial charge is 0.269 e. The number of anilines is 1. The molecule has 8 heteroatoms. The van der Waals surface area contributed by atoms with E-state index in [0.29, 0.717) is 11.3 Å². The van der Waals surface area contributed by atoms with Crippen LogP contribution < -0.4 is 5.73 Å². The van der Waals surface area contributed by atoms with Crippen molar-refractivity contribution in [2.24, 2.45) is 0 Å². The molecule has 114 valence electrons. The van der Waals surface area contributed by atoms with Crippen LogP contribution >= 0.6 is 11.8 Å². The molecule has 0 spiro atoms. The third-order valence-electron chi connectivity index (χ3n) is 2.98. The minimum absolute atomic E-state index is 0.0483. The van der Waals surface area contributed by atoms with Gasteiger partial charge in [-0.25, -0.2) is 0 Å². The summed E-state index contributed by atoms with van der Waals surface area (Å²) in [5, 5.41) is 21.1. The number of nitrogen functional groups attached to an aromatic ring is 1. The van der Waals surface area contributed by atoms with Crippen LogP contribution in [0.5, 0.6) is 0 Å². The highest BCUT2D eigenvalue weighted by Gasteiger charge is 2.21. The van der Waals surface area contributed by atoms with E-state index >= 15 is 0 Å². The van der Waals surface area contributed by atoms with Crippen LogP contribution in [0.25, 0.3) is 0 Å². The van der Waals surface area contributed by atoms with Crippen LogP contribution in [0.15, 0.2) is 53.4 Å². The van der Waals surface area contributed by atoms with Gasteiger partial charge in [0.1, 0.15) is 0 Å². The number of nitrogens with zero attached hydrogens (tertiary/aromatic N) is 2. The number of non-ortho nitro benzene ring substituents is 1. The van der Waals surface area contributed by atoms with E-state index in [-0.39, 0.29) is 12.2 Å². The summed E-state index contributed by atoms with van der Waals surface area (Å²) in [6, 6.07) is 12.9. The quantitative estimate of drug-likeness (QED) is 0.378. The zero-order valence-electron chi connectivity index (χ0n) is 11.4. The van der Waals surface area contributed by atoms with Crippen molar-refractivity contribution >= 4 is 23.1 Å². The van der Waals surface area contributed by atoms with Crippen molar-refractivity contribution in [1.82, 2.24) is 0 Å². The maximum atomic E-state index is 10.9. The van der Waals surface area contributed by atoms with Gasteiger partial charge in [-0.2, -0.15) is 0 Å². The molecule has 0 aliphatic rings. The van der Waals surface area contributed by atoms with Gasteiger partial charge in [0, 0.05) is 27.6 Å². The van der Waals surface area contributed by atoms with E-state index in [4.69, 9.17) is 5.73 Å². The number of nitro benzene ring substituents is 1. The first-order chi connectivity index (χ1) is 10.5. The molecule has 2 rings (SSSR count). The highest BCUT2D eigenvalue weighted by molar-refractivity contribution is 7.99. The van der Waals surface area contributed by atoms with E-state index in [1.165, 1.54) is 23.9 Å². The highest BCUT2D eigenvalue weighted by Crippen LogP contribution is 2.38. The zero-order valence-corrected chi connectivity index (χ0v) is 12.2. The number of rotatable bonds is 6. The second kappa shape index (κ2) is 6.90. The van der Waals surface area contributed by atoms with E-state index < -0.39 is 15.1 Å². The standard InChI is InChI=1S/C14H13N3O4S/c15-12-3-1-2-4-13(12)22-14(9-16(18)19)10-5-7-11(8-6-10)17(20)21/h1-8,14H,9,15H2/t14-/m1/s1. The third-order valence-corrected chi connectivity index (χ3v) is 4.31. The molecule has 0 radical (unpaired) electrons. The average molecular weight is 319 g/mol. The summed E-state index contributed by atoms with van der Waals surface area (Å²) < 4.78 is 0. The Kier molecular flexibility index (Phi) is 4.95. The molecule has 0 saturated carbocycles. The molecule has 2 aromatic rings. The summed E-state index contributed by atoms with van der Waals surface area (Å²) in [6.07, 6.45) is 0. The minimum atomic E-state index is -0.505. The maximum absolute atomic E-state index is 10.9. The summed E-state index contributed by atoms with van der Waals surface area (Å²) in [5.74, 6) is 0. The van der Waals surface area contributed by atoms with Crippen molar-refractivity contribution in [3.8, 4) is 0 Å². The number of benzene rings is 2. The number of hydrogen-bond acceptors (Lipinski definition) is 6. The van der Waals surface area contributed by atoms with E-state index in [0.717, 1.165) is 4.90 Å². The van der Waals surface area contributed by atoms with Gasteiger partial charge in [0.15, 0.2) is 0 Å². The summed E-state index contributed by atoms with van der Waals surface area (Å²) in [6.45, 7) is -0.295. The van der Waals surface area contributed by atoms with Gasteiger partial charge in [-0.15, -0.1) is 11.8 Å². The number of nitrogens with two attached hydrogens (primary N) is 1. The second-order valence-electron chi connectivity index (χ2n) is 4.51. The Hall–Kier alpha value is -2.61. The van der Waals surface area contributed by atoms with Crippen molar-refractivity contribution in [3.63, 3.8) is 0 Å². The van der Waals surface area contributed by atoms with Crippen LogP contribution in [0.2, 0.25) is 0 Å². The second-order valence-corrected chi connectivity index (χ2v) is 5.75. The normalized spacial score (nSPS) is 11.8. The topological polar surface area (TPSA) is 112 Å². The molecule has 0 aromatic heterocycles. The molecule has 0 bridgehead atoms. The highest BCUT2D eigenvalue weighted by atomic mass is 32.2. The molecule has 22 heavy (non-hydrogen) atoms. The minimum Gasteiger partial charge on any atom is -0.398 e. The van der Waals surface area contributed by atoms with Gasteiger partial charge in [0.2, 0.25) is 6.54 Å². The van der Waals surface area contributed by atoms with E-state index in [1.54, 1.807) is 36.4 Å². The molecule has 0 amide bonds. The van der Waals surface area contributed by atoms with Crippen LogP contribution in [0.1, 0.15) is 10.8 Å². The van der Waals surface area contributed by atoms with Gasteiger partial charge in [-0.3, -0.25) is 20.2 Å². The molecule has 1 atom stereocenters. The summed E-state index contributed by atoms with van der Waals surface area (Å²) in [5.41, 5.74) is 7.01. The molecule has 2 aromatic carbocycles. The first-order valence-corrected chi connectivity index (χ1v) is 7.22. The summed E-state index contributed by atoms with van der Waals surface area (Å²) >= 11 is 1.27. The van der Waals surface area contributed by atoms with Gasteiger partial charge in [0.25, 0.3) is 5.69 Å². The van der Waals surface area contributed by atoms with Gasteiger partial charge in [0.05, 0.1) is 10.2 Å². The molecular weight excluding hydrogens is 306 g/mol. The fourth-order valence-electron chi connectivity index (χ4n) is 1.90. The monoisotopic (exact) mass is 319 g/mol. The lowest BCUT2D eigenvalue weighted by atomic mass is 10.1. The summed E-state index contributed by atoms with van der Waals surface area (Å²) in [4.78, 5) is 21.4. The third kappa shape index (κ3) is 3.95. The Morgan fingerprint density at radius 3 is 2.23 bits per heavy atom. The largest absolute Gasteiger partial charge is 0.398 e. The first kappa shape index (κ1) is 15.8. The Labute approximate surface area is 130 Å². The van der Waals surface area contributed by atoms with Crippen molar-refractivity contribution < 1.29 is 9.85 Å². The Balaban J connectivity index is 2.27. The van der Waals surface area contributed by atoms with Gasteiger partial charge in [-0.05, 0) is 17.7 Å². The first-order valence-electron chi connectivity index (χ1n) is 6.34. The molecule has 7 nitrogen and oxygen atoms in total. The van der Waals surface area contributed by atoms with Crippen LogP contribution in [0.4, 0.5) is 11.4 Å². The van der Waals surface area contributed by atoms with Crippen LogP contribution in [0, 0.1) is 20.2 Å². The Bertz CT molecular complexity index is 691. The fraction of sp³-hybridized carbons (Fsp3) is 0.143. The molecule has 0 aliphatic carbocycles. The van der Waals surface area contributed by atoms with Gasteiger partial charge in [-0.1, -0.05) is 24.3 Å². The zero-order chi connectivity index (χ0) is 16.1. The lowest BCUT2D eigenvalue weighted by Crippen LogP contribution is -2.10. The molecule has 0 fully saturated rings. The van der Waals surface area contributed by atoms with E-state index in [9.17, 15) is 20.2 Å². The predicted molar refractivity (Wildman–Crippen MR) is 84.4 cm³/mol. The average Bonchev–Trinajstić information content (AvgIpc) is 2.48. The van der Waals surface area contributed by atoms with Crippen molar-refractivity contribution in [1.29, 1.82) is 0 Å². The molecule has 0 aliphatic heterocycles. The van der Waals surface area contributed by atoms with Crippen LogP contribution in [-0.4, -0.2) is 16.4 Å². The molecule has 0 saturated heterocycles. The SMILES string of the molecule is Nc1ccccc1S[C@H](C[N+](=O)[O-])c1ccc([N+](=O)[O-])cc1.